The maximum absolute atomic E-state index is 13.3. The van der Waals surface area contributed by atoms with Gasteiger partial charge in [-0.05, 0) is 60.5 Å². The standard InChI is InChI=1S/C25H19FN2O4/c1-16-8-10-20(11-9-16)28-24(30)22(23(29)27-25(28)31)14-17-4-3-7-21(13-17)32-15-18-5-2-6-19(26)12-18/h2-14H,15H2,1H3,(H,27,29,31)/b22-14-. The first-order valence-electron chi connectivity index (χ1n) is 9.86. The number of anilines is 1. The fourth-order valence-corrected chi connectivity index (χ4v) is 3.24. The molecule has 0 aliphatic carbocycles. The predicted octanol–water partition coefficient (Wildman–Crippen LogP) is 4.38. The van der Waals surface area contributed by atoms with Gasteiger partial charge in [-0.25, -0.2) is 14.1 Å². The van der Waals surface area contributed by atoms with E-state index in [2.05, 4.69) is 5.32 Å². The van der Waals surface area contributed by atoms with Crippen LogP contribution in [0, 0.1) is 12.7 Å². The Balaban J connectivity index is 1.57. The Morgan fingerprint density at radius 3 is 2.47 bits per heavy atom. The van der Waals surface area contributed by atoms with E-state index in [0.717, 1.165) is 10.5 Å². The largest absolute Gasteiger partial charge is 0.489 e. The lowest BCUT2D eigenvalue weighted by atomic mass is 10.1. The van der Waals surface area contributed by atoms with E-state index in [-0.39, 0.29) is 18.0 Å². The summed E-state index contributed by atoms with van der Waals surface area (Å²) in [5, 5.41) is 2.20. The number of aryl methyl sites for hydroxylation is 1. The summed E-state index contributed by atoms with van der Waals surface area (Å²) in [5.74, 6) is -1.35. The summed E-state index contributed by atoms with van der Waals surface area (Å²) in [6.45, 7) is 2.05. The molecule has 1 N–H and O–H groups in total. The monoisotopic (exact) mass is 430 g/mol. The van der Waals surface area contributed by atoms with Gasteiger partial charge in [0, 0.05) is 0 Å². The van der Waals surface area contributed by atoms with Gasteiger partial charge >= 0.3 is 6.03 Å². The van der Waals surface area contributed by atoms with E-state index in [0.29, 0.717) is 22.6 Å². The summed E-state index contributed by atoms with van der Waals surface area (Å²) in [6, 6.07) is 18.9. The number of halogens is 1. The highest BCUT2D eigenvalue weighted by molar-refractivity contribution is 6.39. The smallest absolute Gasteiger partial charge is 0.335 e. The number of nitrogens with zero attached hydrogens (tertiary/aromatic N) is 1. The SMILES string of the molecule is Cc1ccc(N2C(=O)NC(=O)/C(=C/c3cccc(OCc4cccc(F)c4)c3)C2=O)cc1. The van der Waals surface area contributed by atoms with Crippen molar-refractivity contribution in [2.24, 2.45) is 0 Å². The summed E-state index contributed by atoms with van der Waals surface area (Å²) in [6.07, 6.45) is 1.40. The fraction of sp³-hybridized carbons (Fsp3) is 0.0800. The van der Waals surface area contributed by atoms with E-state index in [4.69, 9.17) is 4.74 Å². The van der Waals surface area contributed by atoms with Gasteiger partial charge in [0.2, 0.25) is 0 Å². The van der Waals surface area contributed by atoms with Crippen LogP contribution in [0.4, 0.5) is 14.9 Å². The summed E-state index contributed by atoms with van der Waals surface area (Å²) in [7, 11) is 0. The van der Waals surface area contributed by atoms with Crippen molar-refractivity contribution in [3.63, 3.8) is 0 Å². The molecule has 3 aromatic rings. The number of nitrogens with one attached hydrogen (secondary N) is 1. The normalized spacial score (nSPS) is 15.1. The van der Waals surface area contributed by atoms with E-state index < -0.39 is 17.8 Å². The van der Waals surface area contributed by atoms with Crippen LogP contribution in [0.15, 0.2) is 78.4 Å². The Morgan fingerprint density at radius 1 is 0.969 bits per heavy atom. The Labute approximate surface area is 183 Å². The molecular weight excluding hydrogens is 411 g/mol. The minimum atomic E-state index is -0.798. The minimum Gasteiger partial charge on any atom is -0.489 e. The molecule has 4 amide bonds. The number of benzene rings is 3. The number of hydrogen-bond acceptors (Lipinski definition) is 4. The molecule has 160 valence electrons. The molecule has 1 heterocycles. The zero-order valence-electron chi connectivity index (χ0n) is 17.2. The first-order chi connectivity index (χ1) is 15.4. The van der Waals surface area contributed by atoms with Crippen LogP contribution in [0.5, 0.6) is 5.75 Å². The van der Waals surface area contributed by atoms with Crippen molar-refractivity contribution in [1.82, 2.24) is 5.32 Å². The third-order valence-electron chi connectivity index (χ3n) is 4.86. The van der Waals surface area contributed by atoms with Crippen LogP contribution in [0.25, 0.3) is 6.08 Å². The average Bonchev–Trinajstić information content (AvgIpc) is 2.77. The van der Waals surface area contributed by atoms with Crippen molar-refractivity contribution < 1.29 is 23.5 Å². The molecule has 0 bridgehead atoms. The van der Waals surface area contributed by atoms with Crippen molar-refractivity contribution in [1.29, 1.82) is 0 Å². The van der Waals surface area contributed by atoms with Crippen LogP contribution in [0.1, 0.15) is 16.7 Å². The van der Waals surface area contributed by atoms with Gasteiger partial charge in [-0.2, -0.15) is 0 Å². The number of amides is 4. The van der Waals surface area contributed by atoms with Crippen LogP contribution >= 0.6 is 0 Å². The number of rotatable bonds is 5. The molecule has 0 atom stereocenters. The van der Waals surface area contributed by atoms with Gasteiger partial charge in [-0.15, -0.1) is 0 Å². The molecule has 0 spiro atoms. The van der Waals surface area contributed by atoms with E-state index >= 15 is 0 Å². The van der Waals surface area contributed by atoms with Gasteiger partial charge in [0.05, 0.1) is 5.69 Å². The van der Waals surface area contributed by atoms with Crippen molar-refractivity contribution in [2.75, 3.05) is 4.90 Å². The third kappa shape index (κ3) is 4.57. The number of hydrogen-bond donors (Lipinski definition) is 1. The van der Waals surface area contributed by atoms with Crippen molar-refractivity contribution in [3.8, 4) is 5.75 Å². The lowest BCUT2D eigenvalue weighted by Gasteiger charge is -2.26. The number of barbiturate groups is 1. The van der Waals surface area contributed by atoms with Gasteiger partial charge in [-0.3, -0.25) is 14.9 Å². The molecule has 0 unspecified atom stereocenters. The highest BCUT2D eigenvalue weighted by Crippen LogP contribution is 2.23. The molecule has 0 saturated carbocycles. The molecule has 0 aromatic heterocycles. The Bertz CT molecular complexity index is 1230. The summed E-state index contributed by atoms with van der Waals surface area (Å²) < 4.78 is 19.0. The molecule has 1 saturated heterocycles. The van der Waals surface area contributed by atoms with Gasteiger partial charge in [0.15, 0.2) is 0 Å². The molecule has 32 heavy (non-hydrogen) atoms. The van der Waals surface area contributed by atoms with Crippen LogP contribution in [0.2, 0.25) is 0 Å². The predicted molar refractivity (Wildman–Crippen MR) is 117 cm³/mol. The van der Waals surface area contributed by atoms with Gasteiger partial charge in [-0.1, -0.05) is 42.0 Å². The van der Waals surface area contributed by atoms with Crippen molar-refractivity contribution in [2.45, 2.75) is 13.5 Å². The second kappa shape index (κ2) is 8.85. The molecule has 1 aliphatic rings. The zero-order chi connectivity index (χ0) is 22.7. The Hall–Kier alpha value is -4.26. The second-order valence-electron chi connectivity index (χ2n) is 7.28. The first kappa shape index (κ1) is 21.0. The number of imide groups is 2. The summed E-state index contributed by atoms with van der Waals surface area (Å²) in [4.78, 5) is 38.6. The van der Waals surface area contributed by atoms with Gasteiger partial charge in [0.25, 0.3) is 11.8 Å². The van der Waals surface area contributed by atoms with Crippen molar-refractivity contribution >= 4 is 29.6 Å². The van der Waals surface area contributed by atoms with E-state index in [1.807, 2.05) is 6.92 Å². The molecule has 4 rings (SSSR count). The zero-order valence-corrected chi connectivity index (χ0v) is 17.2. The third-order valence-corrected chi connectivity index (χ3v) is 4.86. The lowest BCUT2D eigenvalue weighted by Crippen LogP contribution is -2.54. The summed E-state index contributed by atoms with van der Waals surface area (Å²) in [5.41, 5.74) is 2.37. The van der Waals surface area contributed by atoms with E-state index in [1.165, 1.54) is 18.2 Å². The number of ether oxygens (including phenoxy) is 1. The number of carbonyl (C=O) groups is 3. The first-order valence-corrected chi connectivity index (χ1v) is 9.86. The highest BCUT2D eigenvalue weighted by atomic mass is 19.1. The van der Waals surface area contributed by atoms with Crippen LogP contribution < -0.4 is 15.0 Å². The Kier molecular flexibility index (Phi) is 5.81. The fourth-order valence-electron chi connectivity index (χ4n) is 3.24. The van der Waals surface area contributed by atoms with Crippen LogP contribution in [-0.2, 0) is 16.2 Å². The molecule has 1 aliphatic heterocycles. The van der Waals surface area contributed by atoms with Gasteiger partial charge < -0.3 is 4.74 Å². The second-order valence-corrected chi connectivity index (χ2v) is 7.28. The van der Waals surface area contributed by atoms with Crippen molar-refractivity contribution in [3.05, 3.63) is 101 Å². The summed E-state index contributed by atoms with van der Waals surface area (Å²) >= 11 is 0. The lowest BCUT2D eigenvalue weighted by molar-refractivity contribution is -0.122. The van der Waals surface area contributed by atoms with E-state index in [9.17, 15) is 18.8 Å². The quantitative estimate of drug-likeness (QED) is 0.482. The topological polar surface area (TPSA) is 75.7 Å². The number of carbonyl (C=O) groups excluding carboxylic acids is 3. The molecule has 1 fully saturated rings. The average molecular weight is 430 g/mol. The highest BCUT2D eigenvalue weighted by Gasteiger charge is 2.36. The molecular formula is C25H19FN2O4. The Morgan fingerprint density at radius 2 is 1.72 bits per heavy atom. The van der Waals surface area contributed by atoms with E-state index in [1.54, 1.807) is 60.7 Å². The van der Waals surface area contributed by atoms with Gasteiger partial charge in [0.1, 0.15) is 23.7 Å². The van der Waals surface area contributed by atoms with Crippen LogP contribution in [-0.4, -0.2) is 17.8 Å². The molecule has 6 nitrogen and oxygen atoms in total. The molecule has 0 radical (unpaired) electrons. The minimum absolute atomic E-state index is 0.160. The number of urea groups is 1. The molecule has 7 heteroatoms. The maximum Gasteiger partial charge on any atom is 0.335 e. The van der Waals surface area contributed by atoms with Crippen LogP contribution in [0.3, 0.4) is 0 Å². The maximum atomic E-state index is 13.3. The molecule has 3 aromatic carbocycles.